The summed E-state index contributed by atoms with van der Waals surface area (Å²) in [7, 11) is 0. The molecule has 0 aromatic heterocycles. The van der Waals surface area contributed by atoms with E-state index in [2.05, 4.69) is 52.4 Å². The molecule has 0 radical (unpaired) electrons. The molecule has 1 nitrogen and oxygen atoms in total. The highest BCUT2D eigenvalue weighted by atomic mass is 79.9. The third kappa shape index (κ3) is 4.06. The van der Waals surface area contributed by atoms with Gasteiger partial charge in [-0.1, -0.05) is 31.5 Å². The molecular formula is C16H17BrFN. The van der Waals surface area contributed by atoms with Crippen LogP contribution in [0.1, 0.15) is 24.5 Å². The number of halogens is 2. The van der Waals surface area contributed by atoms with Gasteiger partial charge in [-0.3, -0.25) is 0 Å². The van der Waals surface area contributed by atoms with E-state index in [1.165, 1.54) is 5.56 Å². The van der Waals surface area contributed by atoms with E-state index in [1.54, 1.807) is 12.1 Å². The molecule has 0 aliphatic carbocycles. The Morgan fingerprint density at radius 3 is 2.37 bits per heavy atom. The van der Waals surface area contributed by atoms with Crippen LogP contribution in [0.15, 0.2) is 46.9 Å². The van der Waals surface area contributed by atoms with Crippen molar-refractivity contribution in [2.45, 2.75) is 26.3 Å². The average molecular weight is 322 g/mol. The van der Waals surface area contributed by atoms with Crippen molar-refractivity contribution in [3.8, 4) is 0 Å². The zero-order valence-electron chi connectivity index (χ0n) is 10.9. The first-order valence-electron chi connectivity index (χ1n) is 6.46. The van der Waals surface area contributed by atoms with E-state index in [4.69, 9.17) is 0 Å². The molecule has 100 valence electrons. The number of hydrogen-bond donors (Lipinski definition) is 1. The normalized spacial score (nSPS) is 10.5. The summed E-state index contributed by atoms with van der Waals surface area (Å²) in [6, 6.07) is 13.6. The molecule has 0 spiro atoms. The summed E-state index contributed by atoms with van der Waals surface area (Å²) in [5, 5.41) is 3.29. The lowest BCUT2D eigenvalue weighted by Gasteiger charge is -2.08. The van der Waals surface area contributed by atoms with Crippen molar-refractivity contribution in [2.24, 2.45) is 0 Å². The summed E-state index contributed by atoms with van der Waals surface area (Å²) in [5.41, 5.74) is 3.34. The molecule has 19 heavy (non-hydrogen) atoms. The summed E-state index contributed by atoms with van der Waals surface area (Å²) in [6.07, 6.45) is 2.27. The Morgan fingerprint density at radius 1 is 1.05 bits per heavy atom. The van der Waals surface area contributed by atoms with E-state index in [-0.39, 0.29) is 5.82 Å². The smallest absolute Gasteiger partial charge is 0.137 e. The van der Waals surface area contributed by atoms with Crippen LogP contribution < -0.4 is 5.32 Å². The zero-order valence-corrected chi connectivity index (χ0v) is 12.5. The predicted molar refractivity (Wildman–Crippen MR) is 81.9 cm³/mol. The molecule has 0 aliphatic heterocycles. The summed E-state index contributed by atoms with van der Waals surface area (Å²) in [6.45, 7) is 2.80. The number of aryl methyl sites for hydroxylation is 1. The lowest BCUT2D eigenvalue weighted by molar-refractivity contribution is 0.619. The Kier molecular flexibility index (Phi) is 4.97. The molecule has 2 rings (SSSR count). The molecule has 1 N–H and O–H groups in total. The van der Waals surface area contributed by atoms with Crippen molar-refractivity contribution in [3.63, 3.8) is 0 Å². The zero-order chi connectivity index (χ0) is 13.7. The van der Waals surface area contributed by atoms with Gasteiger partial charge in [-0.2, -0.15) is 0 Å². The maximum atomic E-state index is 13.4. The Morgan fingerprint density at radius 2 is 1.74 bits per heavy atom. The Bertz CT molecular complexity index is 537. The van der Waals surface area contributed by atoms with E-state index in [0.717, 1.165) is 24.1 Å². The maximum absolute atomic E-state index is 13.4. The molecule has 3 heteroatoms. The van der Waals surface area contributed by atoms with E-state index >= 15 is 0 Å². The van der Waals surface area contributed by atoms with Gasteiger partial charge in [0.1, 0.15) is 5.82 Å². The van der Waals surface area contributed by atoms with E-state index < -0.39 is 0 Å². The minimum absolute atomic E-state index is 0.224. The largest absolute Gasteiger partial charge is 0.381 e. The fraction of sp³-hybridized carbons (Fsp3) is 0.250. The van der Waals surface area contributed by atoms with Crippen LogP contribution in [0.4, 0.5) is 10.1 Å². The van der Waals surface area contributed by atoms with Gasteiger partial charge in [0.25, 0.3) is 0 Å². The van der Waals surface area contributed by atoms with Crippen LogP contribution in [-0.4, -0.2) is 0 Å². The fourth-order valence-corrected chi connectivity index (χ4v) is 2.18. The van der Waals surface area contributed by atoms with Crippen molar-refractivity contribution in [2.75, 3.05) is 5.32 Å². The number of rotatable bonds is 5. The minimum Gasteiger partial charge on any atom is -0.381 e. The molecule has 2 aromatic carbocycles. The van der Waals surface area contributed by atoms with Gasteiger partial charge in [0, 0.05) is 12.2 Å². The van der Waals surface area contributed by atoms with Gasteiger partial charge in [0.2, 0.25) is 0 Å². The molecule has 0 saturated heterocycles. The van der Waals surface area contributed by atoms with Crippen LogP contribution in [0.3, 0.4) is 0 Å². The van der Waals surface area contributed by atoms with Gasteiger partial charge in [0.05, 0.1) is 4.47 Å². The van der Waals surface area contributed by atoms with Gasteiger partial charge < -0.3 is 5.32 Å². The number of benzene rings is 2. The van der Waals surface area contributed by atoms with Crippen molar-refractivity contribution < 1.29 is 4.39 Å². The van der Waals surface area contributed by atoms with Crippen LogP contribution in [-0.2, 0) is 13.0 Å². The third-order valence-corrected chi connectivity index (χ3v) is 3.62. The molecule has 0 aliphatic rings. The number of hydrogen-bond acceptors (Lipinski definition) is 1. The summed E-state index contributed by atoms with van der Waals surface area (Å²) < 4.78 is 13.9. The number of nitrogens with one attached hydrogen (secondary N) is 1. The van der Waals surface area contributed by atoms with Crippen molar-refractivity contribution in [1.82, 2.24) is 0 Å². The second-order valence-electron chi connectivity index (χ2n) is 4.55. The molecule has 0 atom stereocenters. The monoisotopic (exact) mass is 321 g/mol. The quantitative estimate of drug-likeness (QED) is 0.802. The lowest BCUT2D eigenvalue weighted by Crippen LogP contribution is -2.00. The second kappa shape index (κ2) is 6.71. The van der Waals surface area contributed by atoms with E-state index in [9.17, 15) is 4.39 Å². The highest BCUT2D eigenvalue weighted by Gasteiger charge is 2.00. The molecule has 0 saturated carbocycles. The van der Waals surface area contributed by atoms with E-state index in [0.29, 0.717) is 11.0 Å². The predicted octanol–water partition coefficient (Wildman–Crippen LogP) is 5.15. The molecule has 2 aromatic rings. The first-order chi connectivity index (χ1) is 9.19. The van der Waals surface area contributed by atoms with Gasteiger partial charge in [-0.05, 0) is 57.7 Å². The average Bonchev–Trinajstić information content (AvgIpc) is 2.42. The van der Waals surface area contributed by atoms with Crippen molar-refractivity contribution in [3.05, 3.63) is 63.9 Å². The Labute approximate surface area is 122 Å². The molecule has 0 unspecified atom stereocenters. The van der Waals surface area contributed by atoms with Gasteiger partial charge >= 0.3 is 0 Å². The van der Waals surface area contributed by atoms with E-state index in [1.807, 2.05) is 6.07 Å². The maximum Gasteiger partial charge on any atom is 0.137 e. The van der Waals surface area contributed by atoms with Crippen LogP contribution in [0.25, 0.3) is 0 Å². The van der Waals surface area contributed by atoms with Crippen LogP contribution in [0.5, 0.6) is 0 Å². The Hall–Kier alpha value is -1.35. The standard InChI is InChI=1S/C16H17BrFN/c1-2-3-12-4-7-14(8-5-12)19-11-13-6-9-15(17)16(18)10-13/h4-10,19H,2-3,11H2,1H3. The first-order valence-corrected chi connectivity index (χ1v) is 7.25. The third-order valence-electron chi connectivity index (χ3n) is 2.97. The molecule has 0 amide bonds. The second-order valence-corrected chi connectivity index (χ2v) is 5.40. The number of anilines is 1. The van der Waals surface area contributed by atoms with Gasteiger partial charge in [0.15, 0.2) is 0 Å². The summed E-state index contributed by atoms with van der Waals surface area (Å²) >= 11 is 3.15. The first kappa shape index (κ1) is 14.1. The van der Waals surface area contributed by atoms with Crippen LogP contribution in [0, 0.1) is 5.82 Å². The van der Waals surface area contributed by atoms with Crippen LogP contribution in [0.2, 0.25) is 0 Å². The highest BCUT2D eigenvalue weighted by molar-refractivity contribution is 9.10. The topological polar surface area (TPSA) is 12.0 Å². The molecule has 0 fully saturated rings. The highest BCUT2D eigenvalue weighted by Crippen LogP contribution is 2.18. The SMILES string of the molecule is CCCc1ccc(NCc2ccc(Br)c(F)c2)cc1. The van der Waals surface area contributed by atoms with Gasteiger partial charge in [-0.15, -0.1) is 0 Å². The van der Waals surface area contributed by atoms with Crippen molar-refractivity contribution in [1.29, 1.82) is 0 Å². The fourth-order valence-electron chi connectivity index (χ4n) is 1.93. The lowest BCUT2D eigenvalue weighted by atomic mass is 10.1. The Balaban J connectivity index is 1.96. The molecule has 0 heterocycles. The summed E-state index contributed by atoms with van der Waals surface area (Å²) in [4.78, 5) is 0. The summed E-state index contributed by atoms with van der Waals surface area (Å²) in [5.74, 6) is -0.224. The van der Waals surface area contributed by atoms with Crippen LogP contribution >= 0.6 is 15.9 Å². The molecular weight excluding hydrogens is 305 g/mol. The minimum atomic E-state index is -0.224. The van der Waals surface area contributed by atoms with Crippen molar-refractivity contribution >= 4 is 21.6 Å². The molecule has 0 bridgehead atoms. The van der Waals surface area contributed by atoms with Gasteiger partial charge in [-0.25, -0.2) is 4.39 Å².